The zero-order valence-corrected chi connectivity index (χ0v) is 13.1. The van der Waals surface area contributed by atoms with Gasteiger partial charge in [-0.1, -0.05) is 42.4 Å². The summed E-state index contributed by atoms with van der Waals surface area (Å²) >= 11 is 0. The fraction of sp³-hybridized carbons (Fsp3) is 0.438. The van der Waals surface area contributed by atoms with Crippen molar-refractivity contribution < 1.29 is 13.9 Å². The molecular weight excluding hydrogens is 296 g/mol. The average molecular weight is 316 g/mol. The molecule has 2 aromatic rings. The average Bonchev–Trinajstić information content (AvgIpc) is 3.10. The number of amides is 1. The Labute approximate surface area is 134 Å². The molecule has 0 radical (unpaired) electrons. The molecule has 1 aliphatic heterocycles. The molecule has 1 amide bonds. The van der Waals surface area contributed by atoms with Gasteiger partial charge in [-0.25, -0.2) is 4.79 Å². The third-order valence-electron chi connectivity index (χ3n) is 3.77. The Bertz CT molecular complexity index is 636. The Morgan fingerprint density at radius 2 is 1.91 bits per heavy atom. The molecular formula is C16H20N4O3. The van der Waals surface area contributed by atoms with E-state index >= 15 is 0 Å². The van der Waals surface area contributed by atoms with Gasteiger partial charge in [0, 0.05) is 32.6 Å². The molecule has 1 saturated heterocycles. The van der Waals surface area contributed by atoms with Crippen molar-refractivity contribution >= 4 is 12.1 Å². The number of benzene rings is 1. The van der Waals surface area contributed by atoms with Gasteiger partial charge in [-0.15, -0.1) is 5.10 Å². The second kappa shape index (κ2) is 7.13. The second-order valence-electron chi connectivity index (χ2n) is 5.35. The summed E-state index contributed by atoms with van der Waals surface area (Å²) in [6.07, 6.45) is 0.437. The van der Waals surface area contributed by atoms with Crippen molar-refractivity contribution in [3.8, 4) is 0 Å². The first-order valence-corrected chi connectivity index (χ1v) is 7.79. The normalized spacial score (nSPS) is 14.8. The van der Waals surface area contributed by atoms with Crippen LogP contribution in [0.3, 0.4) is 0 Å². The Morgan fingerprint density at radius 3 is 2.57 bits per heavy atom. The molecule has 1 aliphatic rings. The number of ether oxygens (including phenoxy) is 1. The zero-order valence-electron chi connectivity index (χ0n) is 13.1. The summed E-state index contributed by atoms with van der Waals surface area (Å²) in [4.78, 5) is 15.8. The fourth-order valence-corrected chi connectivity index (χ4v) is 2.41. The van der Waals surface area contributed by atoms with Crippen LogP contribution in [0.4, 0.5) is 10.8 Å². The van der Waals surface area contributed by atoms with Gasteiger partial charge in [0.15, 0.2) is 0 Å². The molecule has 1 aromatic heterocycles. The van der Waals surface area contributed by atoms with Crippen LogP contribution >= 0.6 is 0 Å². The summed E-state index contributed by atoms with van der Waals surface area (Å²) in [6, 6.07) is 10.2. The molecule has 0 atom stereocenters. The number of hydrogen-bond donors (Lipinski definition) is 0. The van der Waals surface area contributed by atoms with E-state index in [2.05, 4.69) is 10.2 Å². The van der Waals surface area contributed by atoms with E-state index in [1.165, 1.54) is 0 Å². The maximum Gasteiger partial charge on any atom is 0.410 e. The molecule has 0 saturated carbocycles. The van der Waals surface area contributed by atoms with Crippen molar-refractivity contribution in [3.05, 3.63) is 41.8 Å². The van der Waals surface area contributed by atoms with Gasteiger partial charge in [0.05, 0.1) is 0 Å². The minimum atomic E-state index is -0.284. The topological polar surface area (TPSA) is 71.7 Å². The molecule has 1 fully saturated rings. The third kappa shape index (κ3) is 3.80. The van der Waals surface area contributed by atoms with Crippen LogP contribution in [0, 0.1) is 0 Å². The number of nitrogens with zero attached hydrogens (tertiary/aromatic N) is 4. The van der Waals surface area contributed by atoms with E-state index in [1.54, 1.807) is 4.90 Å². The summed E-state index contributed by atoms with van der Waals surface area (Å²) < 4.78 is 10.9. The quantitative estimate of drug-likeness (QED) is 0.860. The Kier molecular flexibility index (Phi) is 4.75. The lowest BCUT2D eigenvalue weighted by atomic mass is 10.2. The van der Waals surface area contributed by atoms with Gasteiger partial charge in [0.1, 0.15) is 6.61 Å². The third-order valence-corrected chi connectivity index (χ3v) is 3.77. The van der Waals surface area contributed by atoms with Gasteiger partial charge < -0.3 is 19.0 Å². The molecule has 0 unspecified atom stereocenters. The molecule has 23 heavy (non-hydrogen) atoms. The predicted octanol–water partition coefficient (Wildman–Crippen LogP) is 2.09. The van der Waals surface area contributed by atoms with Crippen molar-refractivity contribution in [2.45, 2.75) is 20.0 Å². The minimum absolute atomic E-state index is 0.284. The first kappa shape index (κ1) is 15.3. The van der Waals surface area contributed by atoms with E-state index in [0.29, 0.717) is 44.7 Å². The molecule has 0 N–H and O–H groups in total. The van der Waals surface area contributed by atoms with E-state index in [0.717, 1.165) is 12.0 Å². The lowest BCUT2D eigenvalue weighted by molar-refractivity contribution is 0.0938. The fourth-order valence-electron chi connectivity index (χ4n) is 2.41. The number of carbonyl (C=O) groups is 1. The molecule has 3 rings (SSSR count). The van der Waals surface area contributed by atoms with E-state index in [-0.39, 0.29) is 6.09 Å². The summed E-state index contributed by atoms with van der Waals surface area (Å²) in [5.74, 6) is 0.629. The number of carbonyl (C=O) groups excluding carboxylic acids is 1. The van der Waals surface area contributed by atoms with Crippen molar-refractivity contribution in [1.29, 1.82) is 0 Å². The molecule has 2 heterocycles. The van der Waals surface area contributed by atoms with E-state index in [1.807, 2.05) is 42.2 Å². The summed E-state index contributed by atoms with van der Waals surface area (Å²) in [7, 11) is 0. The van der Waals surface area contributed by atoms with Crippen molar-refractivity contribution in [3.63, 3.8) is 0 Å². The number of aromatic nitrogens is 2. The number of piperazine rings is 1. The largest absolute Gasteiger partial charge is 0.445 e. The van der Waals surface area contributed by atoms with Gasteiger partial charge in [-0.05, 0) is 5.56 Å². The molecule has 0 spiro atoms. The summed E-state index contributed by atoms with van der Waals surface area (Å²) in [5.41, 5.74) is 0.984. The van der Waals surface area contributed by atoms with Crippen LogP contribution in [0.15, 0.2) is 34.7 Å². The zero-order chi connectivity index (χ0) is 16.1. The van der Waals surface area contributed by atoms with E-state index in [4.69, 9.17) is 9.15 Å². The van der Waals surface area contributed by atoms with Crippen LogP contribution in [0.25, 0.3) is 0 Å². The molecule has 7 nitrogen and oxygen atoms in total. The highest BCUT2D eigenvalue weighted by atomic mass is 16.6. The molecule has 122 valence electrons. The number of anilines is 1. The molecule has 1 aromatic carbocycles. The lowest BCUT2D eigenvalue weighted by Crippen LogP contribution is -2.49. The van der Waals surface area contributed by atoms with Crippen LogP contribution in [-0.2, 0) is 17.8 Å². The van der Waals surface area contributed by atoms with Gasteiger partial charge in [-0.2, -0.15) is 0 Å². The Morgan fingerprint density at radius 1 is 1.17 bits per heavy atom. The predicted molar refractivity (Wildman–Crippen MR) is 84.1 cm³/mol. The van der Waals surface area contributed by atoms with E-state index < -0.39 is 0 Å². The van der Waals surface area contributed by atoms with Gasteiger partial charge in [0.2, 0.25) is 5.89 Å². The van der Waals surface area contributed by atoms with Crippen LogP contribution < -0.4 is 4.90 Å². The standard InChI is InChI=1S/C16H20N4O3/c1-2-14-17-18-15(23-14)19-8-10-20(11-9-19)16(21)22-12-13-6-4-3-5-7-13/h3-7H,2,8-12H2,1H3. The highest BCUT2D eigenvalue weighted by Crippen LogP contribution is 2.15. The Hall–Kier alpha value is -2.57. The second-order valence-corrected chi connectivity index (χ2v) is 5.35. The first-order chi connectivity index (χ1) is 11.3. The lowest BCUT2D eigenvalue weighted by Gasteiger charge is -2.32. The molecule has 0 aliphatic carbocycles. The van der Waals surface area contributed by atoms with Crippen molar-refractivity contribution in [1.82, 2.24) is 15.1 Å². The van der Waals surface area contributed by atoms with Crippen LogP contribution in [0.2, 0.25) is 0 Å². The van der Waals surface area contributed by atoms with Gasteiger partial charge in [0.25, 0.3) is 0 Å². The summed E-state index contributed by atoms with van der Waals surface area (Å²) in [5, 5.41) is 7.99. The maximum absolute atomic E-state index is 12.1. The molecule has 0 bridgehead atoms. The van der Waals surface area contributed by atoms with Crippen LogP contribution in [-0.4, -0.2) is 47.4 Å². The van der Waals surface area contributed by atoms with Gasteiger partial charge in [-0.3, -0.25) is 0 Å². The van der Waals surface area contributed by atoms with Crippen molar-refractivity contribution in [2.24, 2.45) is 0 Å². The van der Waals surface area contributed by atoms with Crippen LogP contribution in [0.5, 0.6) is 0 Å². The highest BCUT2D eigenvalue weighted by Gasteiger charge is 2.25. The van der Waals surface area contributed by atoms with Gasteiger partial charge >= 0.3 is 12.1 Å². The highest BCUT2D eigenvalue weighted by molar-refractivity contribution is 5.68. The molecule has 7 heteroatoms. The number of aryl methyl sites for hydroxylation is 1. The summed E-state index contributed by atoms with van der Waals surface area (Å²) in [6.45, 7) is 4.74. The number of hydrogen-bond acceptors (Lipinski definition) is 6. The van der Waals surface area contributed by atoms with E-state index in [9.17, 15) is 4.79 Å². The monoisotopic (exact) mass is 316 g/mol. The minimum Gasteiger partial charge on any atom is -0.445 e. The smallest absolute Gasteiger partial charge is 0.410 e. The first-order valence-electron chi connectivity index (χ1n) is 7.79. The maximum atomic E-state index is 12.1. The van der Waals surface area contributed by atoms with Crippen LogP contribution in [0.1, 0.15) is 18.4 Å². The number of rotatable bonds is 4. The van der Waals surface area contributed by atoms with Crippen molar-refractivity contribution in [2.75, 3.05) is 31.1 Å². The Balaban J connectivity index is 1.47. The SMILES string of the molecule is CCc1nnc(N2CCN(C(=O)OCc3ccccc3)CC2)o1.